The van der Waals surface area contributed by atoms with Crippen molar-refractivity contribution in [1.82, 2.24) is 0 Å². The Morgan fingerprint density at radius 3 is 2.37 bits per heavy atom. The van der Waals surface area contributed by atoms with Crippen molar-refractivity contribution >= 4 is 21.9 Å². The molecule has 0 heterocycles. The lowest BCUT2D eigenvalue weighted by Gasteiger charge is -2.20. The van der Waals surface area contributed by atoms with Gasteiger partial charge < -0.3 is 20.3 Å². The van der Waals surface area contributed by atoms with Crippen molar-refractivity contribution in [2.75, 3.05) is 20.8 Å². The van der Waals surface area contributed by atoms with Crippen LogP contribution in [0, 0.1) is 0 Å². The molecule has 1 aromatic rings. The molecule has 0 bridgehead atoms. The first-order chi connectivity index (χ1) is 9.01. The molecule has 0 amide bonds. The van der Waals surface area contributed by atoms with Crippen molar-refractivity contribution < 1.29 is 19.4 Å². The molecule has 0 aliphatic rings. The Hall–Kier alpha value is -1.27. The quantitative estimate of drug-likeness (QED) is 0.834. The lowest BCUT2D eigenvalue weighted by Crippen LogP contribution is -2.22. The molecule has 0 saturated carbocycles. The van der Waals surface area contributed by atoms with Crippen molar-refractivity contribution in [3.8, 4) is 11.5 Å². The van der Waals surface area contributed by atoms with Crippen LogP contribution in [-0.2, 0) is 11.2 Å². The molecular formula is C13H18BrNO4. The van der Waals surface area contributed by atoms with E-state index in [9.17, 15) is 9.90 Å². The fraction of sp³-hybridized carbons (Fsp3) is 0.462. The number of ether oxygens (including phenoxy) is 2. The van der Waals surface area contributed by atoms with E-state index in [1.54, 1.807) is 13.2 Å². The van der Waals surface area contributed by atoms with E-state index < -0.39 is 11.9 Å². The maximum absolute atomic E-state index is 11.3. The van der Waals surface area contributed by atoms with Crippen molar-refractivity contribution in [2.45, 2.75) is 19.3 Å². The molecule has 1 aromatic carbocycles. The molecular weight excluding hydrogens is 314 g/mol. The van der Waals surface area contributed by atoms with E-state index in [0.29, 0.717) is 28.0 Å². The first kappa shape index (κ1) is 15.8. The van der Waals surface area contributed by atoms with Gasteiger partial charge in [0.05, 0.1) is 24.6 Å². The number of halogens is 1. The van der Waals surface area contributed by atoms with Crippen LogP contribution >= 0.6 is 15.9 Å². The van der Waals surface area contributed by atoms with Gasteiger partial charge in [-0.1, -0.05) is 6.92 Å². The predicted octanol–water partition coefficient (Wildman–Crippen LogP) is 2.16. The minimum atomic E-state index is -0.948. The van der Waals surface area contributed by atoms with E-state index >= 15 is 0 Å². The number of methoxy groups -OCH3 is 2. The summed E-state index contributed by atoms with van der Waals surface area (Å²) in [5.74, 6) is -0.597. The van der Waals surface area contributed by atoms with Crippen LogP contribution in [0.15, 0.2) is 10.5 Å². The third kappa shape index (κ3) is 3.01. The summed E-state index contributed by atoms with van der Waals surface area (Å²) in [4.78, 5) is 11.3. The van der Waals surface area contributed by atoms with E-state index in [0.717, 1.165) is 5.56 Å². The molecule has 3 N–H and O–H groups in total. The number of hydrogen-bond donors (Lipinski definition) is 2. The minimum Gasteiger partial charge on any atom is -0.493 e. The molecule has 0 fully saturated rings. The standard InChI is InChI=1S/C13H18BrNO4/c1-4-7-8(9(6-15)13(16)17)5-10(14)12(19-3)11(7)18-2/h5,9H,4,6,15H2,1-3H3,(H,16,17). The van der Waals surface area contributed by atoms with Gasteiger partial charge in [-0.15, -0.1) is 0 Å². The van der Waals surface area contributed by atoms with Crippen molar-refractivity contribution in [2.24, 2.45) is 5.73 Å². The maximum atomic E-state index is 11.3. The molecule has 106 valence electrons. The number of carbonyl (C=O) groups is 1. The highest BCUT2D eigenvalue weighted by atomic mass is 79.9. The SMILES string of the molecule is CCc1c(C(CN)C(=O)O)cc(Br)c(OC)c1OC. The van der Waals surface area contributed by atoms with Gasteiger partial charge in [0, 0.05) is 12.1 Å². The second kappa shape index (κ2) is 6.77. The van der Waals surface area contributed by atoms with E-state index in [1.165, 1.54) is 7.11 Å². The van der Waals surface area contributed by atoms with Crippen LogP contribution in [-0.4, -0.2) is 31.8 Å². The van der Waals surface area contributed by atoms with Crippen LogP contribution in [0.5, 0.6) is 11.5 Å². The summed E-state index contributed by atoms with van der Waals surface area (Å²) in [6, 6.07) is 1.74. The normalized spacial score (nSPS) is 12.1. The van der Waals surface area contributed by atoms with Crippen LogP contribution in [0.2, 0.25) is 0 Å². The molecule has 5 nitrogen and oxygen atoms in total. The molecule has 1 unspecified atom stereocenters. The first-order valence-electron chi connectivity index (χ1n) is 5.87. The molecule has 0 spiro atoms. The van der Waals surface area contributed by atoms with Crippen molar-refractivity contribution in [3.05, 3.63) is 21.7 Å². The molecule has 1 atom stereocenters. The van der Waals surface area contributed by atoms with Crippen LogP contribution in [0.3, 0.4) is 0 Å². The number of carboxylic acids is 1. The van der Waals surface area contributed by atoms with E-state index in [4.69, 9.17) is 15.2 Å². The second-order valence-electron chi connectivity index (χ2n) is 3.97. The fourth-order valence-corrected chi connectivity index (χ4v) is 2.70. The fourth-order valence-electron chi connectivity index (χ4n) is 2.11. The van der Waals surface area contributed by atoms with Gasteiger partial charge in [-0.2, -0.15) is 0 Å². The van der Waals surface area contributed by atoms with Crippen molar-refractivity contribution in [1.29, 1.82) is 0 Å². The Balaban J connectivity index is 3.56. The third-order valence-corrected chi connectivity index (χ3v) is 3.59. The first-order valence-corrected chi connectivity index (χ1v) is 6.67. The lowest BCUT2D eigenvalue weighted by molar-refractivity contribution is -0.138. The Morgan fingerprint density at radius 1 is 1.42 bits per heavy atom. The summed E-state index contributed by atoms with van der Waals surface area (Å²) >= 11 is 3.37. The maximum Gasteiger partial charge on any atom is 0.312 e. The molecule has 0 aromatic heterocycles. The zero-order chi connectivity index (χ0) is 14.6. The zero-order valence-corrected chi connectivity index (χ0v) is 12.8. The summed E-state index contributed by atoms with van der Waals surface area (Å²) in [6.45, 7) is 1.97. The van der Waals surface area contributed by atoms with Crippen molar-refractivity contribution in [3.63, 3.8) is 0 Å². The summed E-state index contributed by atoms with van der Waals surface area (Å²) in [5.41, 5.74) is 7.03. The molecule has 0 aliphatic heterocycles. The van der Waals surface area contributed by atoms with Gasteiger partial charge in [0.1, 0.15) is 0 Å². The Kier molecular flexibility index (Phi) is 5.62. The van der Waals surface area contributed by atoms with Crippen LogP contribution in [0.4, 0.5) is 0 Å². The van der Waals surface area contributed by atoms with Gasteiger partial charge >= 0.3 is 5.97 Å². The van der Waals surface area contributed by atoms with Crippen LogP contribution < -0.4 is 15.2 Å². The van der Waals surface area contributed by atoms with Crippen LogP contribution in [0.25, 0.3) is 0 Å². The Morgan fingerprint density at radius 2 is 2.00 bits per heavy atom. The topological polar surface area (TPSA) is 81.8 Å². The monoisotopic (exact) mass is 331 g/mol. The third-order valence-electron chi connectivity index (χ3n) is 3.00. The smallest absolute Gasteiger partial charge is 0.312 e. The summed E-state index contributed by atoms with van der Waals surface area (Å²) in [6.07, 6.45) is 0.631. The summed E-state index contributed by atoms with van der Waals surface area (Å²) in [7, 11) is 3.07. The molecule has 0 radical (unpaired) electrons. The summed E-state index contributed by atoms with van der Waals surface area (Å²) < 4.78 is 11.3. The van der Waals surface area contributed by atoms with Gasteiger partial charge in [-0.05, 0) is 34.0 Å². The average Bonchev–Trinajstić information content (AvgIpc) is 2.38. The average molecular weight is 332 g/mol. The zero-order valence-electron chi connectivity index (χ0n) is 11.2. The van der Waals surface area contributed by atoms with E-state index in [2.05, 4.69) is 15.9 Å². The summed E-state index contributed by atoms with van der Waals surface area (Å²) in [5, 5.41) is 9.26. The number of carboxylic acid groups (broad SMARTS) is 1. The molecule has 6 heteroatoms. The highest BCUT2D eigenvalue weighted by Gasteiger charge is 2.26. The van der Waals surface area contributed by atoms with Gasteiger partial charge in [-0.3, -0.25) is 4.79 Å². The van der Waals surface area contributed by atoms with Gasteiger partial charge in [0.25, 0.3) is 0 Å². The highest BCUT2D eigenvalue weighted by Crippen LogP contribution is 2.42. The highest BCUT2D eigenvalue weighted by molar-refractivity contribution is 9.10. The predicted molar refractivity (Wildman–Crippen MR) is 76.1 cm³/mol. The largest absolute Gasteiger partial charge is 0.493 e. The lowest BCUT2D eigenvalue weighted by atomic mass is 9.92. The molecule has 0 saturated heterocycles. The molecule has 0 aliphatic carbocycles. The van der Waals surface area contributed by atoms with E-state index in [1.807, 2.05) is 6.92 Å². The van der Waals surface area contributed by atoms with Gasteiger partial charge in [0.2, 0.25) is 0 Å². The number of aliphatic carboxylic acids is 1. The minimum absolute atomic E-state index is 0.0320. The molecule has 1 rings (SSSR count). The van der Waals surface area contributed by atoms with Gasteiger partial charge in [-0.25, -0.2) is 0 Å². The number of rotatable bonds is 6. The molecule has 19 heavy (non-hydrogen) atoms. The van der Waals surface area contributed by atoms with Crippen LogP contribution in [0.1, 0.15) is 24.0 Å². The number of hydrogen-bond acceptors (Lipinski definition) is 4. The van der Waals surface area contributed by atoms with E-state index in [-0.39, 0.29) is 6.54 Å². The number of benzene rings is 1. The second-order valence-corrected chi connectivity index (χ2v) is 4.83. The van der Waals surface area contributed by atoms with Gasteiger partial charge in [0.15, 0.2) is 11.5 Å². The number of nitrogens with two attached hydrogens (primary N) is 1. The Bertz CT molecular complexity index is 476. The Labute approximate surface area is 120 Å².